The summed E-state index contributed by atoms with van der Waals surface area (Å²) >= 11 is 0. The molecule has 0 unspecified atom stereocenters. The van der Waals surface area contributed by atoms with Crippen molar-refractivity contribution in [2.24, 2.45) is 5.41 Å². The second-order valence-corrected chi connectivity index (χ2v) is 9.84. The fraction of sp³-hybridized carbons (Fsp3) is 0.357. The molecule has 1 aliphatic carbocycles. The van der Waals surface area contributed by atoms with Gasteiger partial charge in [0.2, 0.25) is 6.79 Å². The van der Waals surface area contributed by atoms with E-state index in [2.05, 4.69) is 19.2 Å². The van der Waals surface area contributed by atoms with Gasteiger partial charge < -0.3 is 24.3 Å². The molecule has 0 radical (unpaired) electrons. The van der Waals surface area contributed by atoms with Crippen LogP contribution in [0.4, 0.5) is 0 Å². The van der Waals surface area contributed by atoms with Crippen LogP contribution in [0, 0.1) is 5.41 Å². The van der Waals surface area contributed by atoms with E-state index in [0.717, 1.165) is 17.7 Å². The van der Waals surface area contributed by atoms with Gasteiger partial charge in [-0.15, -0.1) is 0 Å². The molecule has 7 heteroatoms. The zero-order chi connectivity index (χ0) is 24.6. The molecule has 35 heavy (non-hydrogen) atoms. The number of allylic oxidation sites excluding steroid dienone is 3. The lowest BCUT2D eigenvalue weighted by molar-refractivity contribution is -0.140. The minimum atomic E-state index is -0.549. The van der Waals surface area contributed by atoms with Gasteiger partial charge >= 0.3 is 5.97 Å². The van der Waals surface area contributed by atoms with Crippen LogP contribution >= 0.6 is 0 Å². The number of carbonyl (C=O) groups is 2. The molecular formula is C28H29NO6. The van der Waals surface area contributed by atoms with Gasteiger partial charge in [-0.3, -0.25) is 4.79 Å². The molecule has 1 atom stereocenters. The quantitative estimate of drug-likeness (QED) is 0.481. The van der Waals surface area contributed by atoms with E-state index >= 15 is 0 Å². The highest BCUT2D eigenvalue weighted by molar-refractivity contribution is 6.04. The maximum atomic E-state index is 13.4. The van der Waals surface area contributed by atoms with Gasteiger partial charge in [-0.2, -0.15) is 0 Å². The SMILES string of the molecule is CC1=C(C(=O)OCCOc2ccccc2)[C@@H](c2ccc3c(c2)OCO3)C2=C(CC(C)(C)CC2=O)N1. The van der Waals surface area contributed by atoms with Crippen molar-refractivity contribution >= 4 is 11.8 Å². The first-order chi connectivity index (χ1) is 16.8. The van der Waals surface area contributed by atoms with E-state index in [1.807, 2.05) is 55.5 Å². The number of rotatable bonds is 6. The van der Waals surface area contributed by atoms with Crippen molar-refractivity contribution in [2.45, 2.75) is 39.5 Å². The number of carbonyl (C=O) groups excluding carboxylic acids is 2. The van der Waals surface area contributed by atoms with Crippen molar-refractivity contribution < 1.29 is 28.5 Å². The molecule has 2 heterocycles. The Hall–Kier alpha value is -3.74. The number of benzene rings is 2. The lowest BCUT2D eigenvalue weighted by Crippen LogP contribution is -2.38. The molecule has 2 aromatic rings. The summed E-state index contributed by atoms with van der Waals surface area (Å²) in [5, 5.41) is 3.35. The maximum absolute atomic E-state index is 13.4. The Balaban J connectivity index is 1.43. The van der Waals surface area contributed by atoms with Crippen LogP contribution in [0.15, 0.2) is 71.1 Å². The van der Waals surface area contributed by atoms with Gasteiger partial charge in [-0.05, 0) is 48.6 Å². The largest absolute Gasteiger partial charge is 0.490 e. The van der Waals surface area contributed by atoms with E-state index in [1.54, 1.807) is 0 Å². The Morgan fingerprint density at radius 1 is 1.06 bits per heavy atom. The molecule has 3 aliphatic rings. The van der Waals surface area contributed by atoms with E-state index in [4.69, 9.17) is 18.9 Å². The van der Waals surface area contributed by atoms with Gasteiger partial charge in [-0.1, -0.05) is 38.1 Å². The van der Waals surface area contributed by atoms with Gasteiger partial charge in [0.05, 0.1) is 5.57 Å². The first-order valence-corrected chi connectivity index (χ1v) is 11.8. The molecule has 5 rings (SSSR count). The van der Waals surface area contributed by atoms with Crippen LogP contribution in [0.1, 0.15) is 45.1 Å². The Morgan fingerprint density at radius 2 is 1.83 bits per heavy atom. The van der Waals surface area contributed by atoms with Crippen LogP contribution in [-0.2, 0) is 14.3 Å². The molecule has 0 saturated heterocycles. The van der Waals surface area contributed by atoms with Gasteiger partial charge in [0, 0.05) is 29.3 Å². The van der Waals surface area contributed by atoms with Crippen molar-refractivity contribution in [2.75, 3.05) is 20.0 Å². The van der Waals surface area contributed by atoms with Crippen LogP contribution < -0.4 is 19.5 Å². The lowest BCUT2D eigenvalue weighted by Gasteiger charge is -2.39. The van der Waals surface area contributed by atoms with E-state index in [0.29, 0.717) is 40.5 Å². The van der Waals surface area contributed by atoms with Crippen molar-refractivity contribution in [3.63, 3.8) is 0 Å². The topological polar surface area (TPSA) is 83.1 Å². The molecular weight excluding hydrogens is 446 g/mol. The summed E-state index contributed by atoms with van der Waals surface area (Å²) in [6.07, 6.45) is 1.14. The number of para-hydroxylation sites is 1. The van der Waals surface area contributed by atoms with Gasteiger partial charge in [0.1, 0.15) is 19.0 Å². The minimum absolute atomic E-state index is 0.0385. The predicted octanol–water partition coefficient (Wildman–Crippen LogP) is 4.64. The van der Waals surface area contributed by atoms with Gasteiger partial charge in [0.15, 0.2) is 17.3 Å². The summed E-state index contributed by atoms with van der Waals surface area (Å²) in [5.41, 5.74) is 3.25. The number of fused-ring (bicyclic) bond motifs is 1. The first-order valence-electron chi connectivity index (χ1n) is 11.8. The molecule has 7 nitrogen and oxygen atoms in total. The predicted molar refractivity (Wildman–Crippen MR) is 129 cm³/mol. The zero-order valence-electron chi connectivity index (χ0n) is 20.2. The summed E-state index contributed by atoms with van der Waals surface area (Å²) in [6, 6.07) is 14.9. The molecule has 0 saturated carbocycles. The molecule has 0 aromatic heterocycles. The Bertz CT molecular complexity index is 1230. The third kappa shape index (κ3) is 4.63. The van der Waals surface area contributed by atoms with Gasteiger partial charge in [-0.25, -0.2) is 4.79 Å². The summed E-state index contributed by atoms with van der Waals surface area (Å²) in [4.78, 5) is 26.8. The smallest absolute Gasteiger partial charge is 0.336 e. The molecule has 0 spiro atoms. The number of hydrogen-bond donors (Lipinski definition) is 1. The van der Waals surface area contributed by atoms with E-state index in [-0.39, 0.29) is 31.2 Å². The van der Waals surface area contributed by atoms with Crippen molar-refractivity contribution in [1.82, 2.24) is 5.32 Å². The van der Waals surface area contributed by atoms with Crippen molar-refractivity contribution in [1.29, 1.82) is 0 Å². The van der Waals surface area contributed by atoms with Crippen LogP contribution in [0.25, 0.3) is 0 Å². The highest BCUT2D eigenvalue weighted by atomic mass is 16.7. The van der Waals surface area contributed by atoms with Crippen LogP contribution in [0.2, 0.25) is 0 Å². The first kappa shape index (κ1) is 23.0. The number of dihydropyridines is 1. The molecule has 2 aromatic carbocycles. The Kier molecular flexibility index (Phi) is 6.01. The molecule has 1 N–H and O–H groups in total. The number of esters is 1. The molecule has 0 fully saturated rings. The summed E-state index contributed by atoms with van der Waals surface area (Å²) < 4.78 is 22.3. The highest BCUT2D eigenvalue weighted by Crippen LogP contribution is 2.48. The number of nitrogens with one attached hydrogen (secondary N) is 1. The fourth-order valence-electron chi connectivity index (χ4n) is 5.02. The third-order valence-electron chi connectivity index (χ3n) is 6.52. The minimum Gasteiger partial charge on any atom is -0.490 e. The standard InChI is InChI=1S/C28H29NO6/c1-17-24(27(31)33-12-11-32-19-7-5-4-6-8-19)25(18-9-10-22-23(13-18)35-16-34-22)26-20(29-17)14-28(2,3)15-21(26)30/h4-10,13,25,29H,11-12,14-16H2,1-3H3/t25-/m1/s1. The molecule has 182 valence electrons. The average Bonchev–Trinajstić information content (AvgIpc) is 3.28. The summed E-state index contributed by atoms with van der Waals surface area (Å²) in [7, 11) is 0. The fourth-order valence-corrected chi connectivity index (χ4v) is 5.02. The normalized spacial score (nSPS) is 20.3. The highest BCUT2D eigenvalue weighted by Gasteiger charge is 2.43. The van der Waals surface area contributed by atoms with E-state index in [9.17, 15) is 9.59 Å². The Morgan fingerprint density at radius 3 is 2.63 bits per heavy atom. The number of hydrogen-bond acceptors (Lipinski definition) is 7. The second-order valence-electron chi connectivity index (χ2n) is 9.84. The monoisotopic (exact) mass is 475 g/mol. The number of ketones is 1. The Labute approximate surface area is 204 Å². The summed E-state index contributed by atoms with van der Waals surface area (Å²) in [6.45, 7) is 6.49. The molecule has 0 bridgehead atoms. The summed E-state index contributed by atoms with van der Waals surface area (Å²) in [5.74, 6) is 0.980. The molecule has 0 amide bonds. The van der Waals surface area contributed by atoms with Crippen LogP contribution in [0.5, 0.6) is 17.2 Å². The van der Waals surface area contributed by atoms with Crippen LogP contribution in [-0.4, -0.2) is 31.8 Å². The van der Waals surface area contributed by atoms with Crippen molar-refractivity contribution in [3.05, 3.63) is 76.6 Å². The van der Waals surface area contributed by atoms with Crippen molar-refractivity contribution in [3.8, 4) is 17.2 Å². The maximum Gasteiger partial charge on any atom is 0.336 e. The van der Waals surface area contributed by atoms with E-state index < -0.39 is 11.9 Å². The molecule has 2 aliphatic heterocycles. The average molecular weight is 476 g/mol. The second kappa shape index (κ2) is 9.13. The van der Waals surface area contributed by atoms with Crippen LogP contribution in [0.3, 0.4) is 0 Å². The number of Topliss-reactive ketones (excluding diaryl/α,β-unsaturated/α-hetero) is 1. The lowest BCUT2D eigenvalue weighted by atomic mass is 9.68. The number of ether oxygens (including phenoxy) is 4. The van der Waals surface area contributed by atoms with E-state index in [1.165, 1.54) is 0 Å². The van der Waals surface area contributed by atoms with Gasteiger partial charge in [0.25, 0.3) is 0 Å². The third-order valence-corrected chi connectivity index (χ3v) is 6.52. The zero-order valence-corrected chi connectivity index (χ0v) is 20.2.